The van der Waals surface area contributed by atoms with E-state index in [0.29, 0.717) is 6.07 Å². The van der Waals surface area contributed by atoms with Gasteiger partial charge in [0.2, 0.25) is 0 Å². The van der Waals surface area contributed by atoms with Crippen molar-refractivity contribution in [2.45, 2.75) is 6.61 Å². The molecule has 0 bridgehead atoms. The summed E-state index contributed by atoms with van der Waals surface area (Å²) in [5.74, 6) is -2.19. The molecular formula is C14H10F2O2. The summed E-state index contributed by atoms with van der Waals surface area (Å²) in [4.78, 5) is 11.5. The molecule has 0 atom stereocenters. The summed E-state index contributed by atoms with van der Waals surface area (Å²) in [5.41, 5.74) is -0.112. The van der Waals surface area contributed by atoms with Crippen LogP contribution in [0.2, 0.25) is 0 Å². The van der Waals surface area contributed by atoms with Crippen molar-refractivity contribution in [3.8, 4) is 5.75 Å². The quantitative estimate of drug-likeness (QED) is 0.834. The second-order valence-corrected chi connectivity index (χ2v) is 3.68. The van der Waals surface area contributed by atoms with E-state index in [1.165, 1.54) is 0 Å². The van der Waals surface area contributed by atoms with Crippen molar-refractivity contribution in [3.63, 3.8) is 0 Å². The van der Waals surface area contributed by atoms with Crippen molar-refractivity contribution < 1.29 is 13.5 Å². The molecule has 0 radical (unpaired) electrons. The molecule has 0 saturated heterocycles. The van der Waals surface area contributed by atoms with Crippen molar-refractivity contribution in [2.75, 3.05) is 0 Å². The first kappa shape index (κ1) is 12.2. The maximum Gasteiger partial charge on any atom is 0.255 e. The zero-order valence-electron chi connectivity index (χ0n) is 9.40. The highest BCUT2D eigenvalue weighted by molar-refractivity contribution is 5.23. The normalized spacial score (nSPS) is 10.1. The van der Waals surface area contributed by atoms with Gasteiger partial charge in [-0.3, -0.25) is 4.79 Å². The Kier molecular flexibility index (Phi) is 3.67. The van der Waals surface area contributed by atoms with E-state index in [1.807, 2.05) is 30.3 Å². The molecule has 2 aromatic carbocycles. The fraction of sp³-hybridized carbons (Fsp3) is 0.0714. The van der Waals surface area contributed by atoms with Gasteiger partial charge in [-0.1, -0.05) is 30.3 Å². The number of hydrogen-bond acceptors (Lipinski definition) is 2. The molecule has 4 heteroatoms. The van der Waals surface area contributed by atoms with E-state index in [0.717, 1.165) is 17.7 Å². The monoisotopic (exact) mass is 248 g/mol. The summed E-state index contributed by atoms with van der Waals surface area (Å²) in [6, 6.07) is 11.8. The molecule has 0 unspecified atom stereocenters. The van der Waals surface area contributed by atoms with Crippen LogP contribution in [-0.2, 0) is 6.61 Å². The second-order valence-electron chi connectivity index (χ2n) is 3.68. The fourth-order valence-electron chi connectivity index (χ4n) is 1.43. The van der Waals surface area contributed by atoms with Crippen LogP contribution in [0.1, 0.15) is 5.56 Å². The average molecular weight is 248 g/mol. The molecule has 0 N–H and O–H groups in total. The zero-order valence-corrected chi connectivity index (χ0v) is 9.40. The SMILES string of the molecule is O=c1c(F)cc(F)ccc1OCc1ccccc1. The van der Waals surface area contributed by atoms with Gasteiger partial charge in [0, 0.05) is 6.07 Å². The van der Waals surface area contributed by atoms with Crippen LogP contribution in [0.5, 0.6) is 5.75 Å². The molecule has 0 spiro atoms. The Morgan fingerprint density at radius 1 is 1.00 bits per heavy atom. The van der Waals surface area contributed by atoms with Gasteiger partial charge in [0.15, 0.2) is 11.6 Å². The summed E-state index contributed by atoms with van der Waals surface area (Å²) in [5, 5.41) is 0. The third-order valence-electron chi connectivity index (χ3n) is 2.34. The Hall–Kier alpha value is -2.23. The van der Waals surface area contributed by atoms with Gasteiger partial charge in [-0.25, -0.2) is 8.78 Å². The van der Waals surface area contributed by atoms with Gasteiger partial charge in [-0.2, -0.15) is 0 Å². The third-order valence-corrected chi connectivity index (χ3v) is 2.34. The largest absolute Gasteiger partial charge is 0.485 e. The fourth-order valence-corrected chi connectivity index (χ4v) is 1.43. The van der Waals surface area contributed by atoms with Crippen molar-refractivity contribution in [3.05, 3.63) is 76.0 Å². The minimum Gasteiger partial charge on any atom is -0.485 e. The van der Waals surface area contributed by atoms with Gasteiger partial charge in [-0.15, -0.1) is 0 Å². The van der Waals surface area contributed by atoms with Crippen molar-refractivity contribution in [1.29, 1.82) is 0 Å². The highest BCUT2D eigenvalue weighted by Gasteiger charge is 2.06. The minimum absolute atomic E-state index is 0.126. The van der Waals surface area contributed by atoms with Crippen LogP contribution >= 0.6 is 0 Å². The molecule has 18 heavy (non-hydrogen) atoms. The van der Waals surface area contributed by atoms with Gasteiger partial charge >= 0.3 is 0 Å². The first-order valence-corrected chi connectivity index (χ1v) is 5.33. The number of benzene rings is 1. The predicted octanol–water partition coefficient (Wildman–Crippen LogP) is 2.90. The summed E-state index contributed by atoms with van der Waals surface area (Å²) in [6.07, 6.45) is 0. The molecule has 0 fully saturated rings. The van der Waals surface area contributed by atoms with Gasteiger partial charge in [0.1, 0.15) is 12.4 Å². The van der Waals surface area contributed by atoms with E-state index in [-0.39, 0.29) is 12.4 Å². The predicted molar refractivity (Wildman–Crippen MR) is 63.4 cm³/mol. The second kappa shape index (κ2) is 5.40. The molecule has 2 rings (SSSR count). The van der Waals surface area contributed by atoms with Crippen LogP contribution in [-0.4, -0.2) is 0 Å². The number of ether oxygens (including phenoxy) is 1. The van der Waals surface area contributed by atoms with Crippen molar-refractivity contribution in [2.24, 2.45) is 0 Å². The summed E-state index contributed by atoms with van der Waals surface area (Å²) < 4.78 is 31.3. The van der Waals surface area contributed by atoms with E-state index in [9.17, 15) is 13.6 Å². The molecule has 0 aliphatic carbocycles. The Morgan fingerprint density at radius 2 is 1.72 bits per heavy atom. The molecule has 0 heterocycles. The zero-order chi connectivity index (χ0) is 13.0. The molecule has 92 valence electrons. The van der Waals surface area contributed by atoms with E-state index in [4.69, 9.17) is 4.74 Å². The van der Waals surface area contributed by atoms with E-state index in [2.05, 4.69) is 0 Å². The molecular weight excluding hydrogens is 238 g/mol. The van der Waals surface area contributed by atoms with Crippen LogP contribution < -0.4 is 10.2 Å². The van der Waals surface area contributed by atoms with E-state index < -0.39 is 17.1 Å². The number of hydrogen-bond donors (Lipinski definition) is 0. The lowest BCUT2D eigenvalue weighted by molar-refractivity contribution is 0.302. The Balaban J connectivity index is 2.23. The van der Waals surface area contributed by atoms with Gasteiger partial charge < -0.3 is 4.74 Å². The van der Waals surface area contributed by atoms with Crippen LogP contribution in [0.4, 0.5) is 8.78 Å². The molecule has 2 nitrogen and oxygen atoms in total. The highest BCUT2D eigenvalue weighted by atomic mass is 19.1. The van der Waals surface area contributed by atoms with Gasteiger partial charge in [0.05, 0.1) is 0 Å². The summed E-state index contributed by atoms with van der Waals surface area (Å²) in [6.45, 7) is 0.126. The van der Waals surface area contributed by atoms with E-state index >= 15 is 0 Å². The lowest BCUT2D eigenvalue weighted by Gasteiger charge is -2.03. The maximum atomic E-state index is 13.2. The Bertz CT molecular complexity index is 597. The van der Waals surface area contributed by atoms with E-state index in [1.54, 1.807) is 0 Å². The lowest BCUT2D eigenvalue weighted by atomic mass is 10.2. The van der Waals surface area contributed by atoms with Crippen molar-refractivity contribution in [1.82, 2.24) is 0 Å². The van der Waals surface area contributed by atoms with Crippen molar-refractivity contribution >= 4 is 0 Å². The first-order valence-electron chi connectivity index (χ1n) is 5.33. The minimum atomic E-state index is -1.17. The number of rotatable bonds is 3. The Labute approximate surface area is 102 Å². The van der Waals surface area contributed by atoms with Crippen LogP contribution in [0.15, 0.2) is 53.3 Å². The first-order chi connectivity index (χ1) is 8.66. The standard InChI is InChI=1S/C14H10F2O2/c15-11-6-7-13(14(17)12(16)8-11)18-9-10-4-2-1-3-5-10/h1-8H,9H2. The smallest absolute Gasteiger partial charge is 0.255 e. The topological polar surface area (TPSA) is 26.3 Å². The molecule has 0 amide bonds. The summed E-state index contributed by atoms with van der Waals surface area (Å²) >= 11 is 0. The Morgan fingerprint density at radius 3 is 2.44 bits per heavy atom. The van der Waals surface area contributed by atoms with Crippen LogP contribution in [0.3, 0.4) is 0 Å². The van der Waals surface area contributed by atoms with Gasteiger partial charge in [0.25, 0.3) is 5.43 Å². The molecule has 0 saturated carbocycles. The molecule has 0 aliphatic rings. The maximum absolute atomic E-state index is 13.2. The molecule has 2 aromatic rings. The van der Waals surface area contributed by atoms with Crippen LogP contribution in [0, 0.1) is 11.6 Å². The molecule has 0 aliphatic heterocycles. The highest BCUT2D eigenvalue weighted by Crippen LogP contribution is 2.09. The summed E-state index contributed by atoms with van der Waals surface area (Å²) in [7, 11) is 0. The number of halogens is 2. The van der Waals surface area contributed by atoms with Gasteiger partial charge in [-0.05, 0) is 17.7 Å². The average Bonchev–Trinajstić information content (AvgIpc) is 2.50. The third kappa shape index (κ3) is 2.91. The van der Waals surface area contributed by atoms with Crippen LogP contribution in [0.25, 0.3) is 0 Å². The lowest BCUT2D eigenvalue weighted by Crippen LogP contribution is -2.08. The molecule has 0 aromatic heterocycles.